The van der Waals surface area contributed by atoms with Crippen molar-refractivity contribution in [3.05, 3.63) is 48.8 Å². The van der Waals surface area contributed by atoms with Gasteiger partial charge in [-0.25, -0.2) is 9.79 Å². The van der Waals surface area contributed by atoms with Gasteiger partial charge in [0.25, 0.3) is 0 Å². The average Bonchev–Trinajstić information content (AvgIpc) is 3.08. The van der Waals surface area contributed by atoms with Gasteiger partial charge in [0.2, 0.25) is 0 Å². The number of carbonyl (C=O) groups excluding carboxylic acids is 1. The first-order valence-corrected chi connectivity index (χ1v) is 9.58. The van der Waals surface area contributed by atoms with Crippen molar-refractivity contribution in [2.75, 3.05) is 6.61 Å². The van der Waals surface area contributed by atoms with Crippen LogP contribution in [0.4, 0.5) is 4.79 Å². The summed E-state index contributed by atoms with van der Waals surface area (Å²) < 4.78 is 4.99. The van der Waals surface area contributed by atoms with Crippen LogP contribution in [0, 0.1) is 0 Å². The van der Waals surface area contributed by atoms with Crippen molar-refractivity contribution in [1.82, 2.24) is 14.9 Å². The molecule has 6 atom stereocenters. The summed E-state index contributed by atoms with van der Waals surface area (Å²) in [5.41, 5.74) is -0.893. The first-order chi connectivity index (χ1) is 15.2. The Bertz CT molecular complexity index is 916. The number of hydrogen-bond donors (Lipinski definition) is 3. The van der Waals surface area contributed by atoms with Gasteiger partial charge in [0.05, 0.1) is 18.0 Å². The Morgan fingerprint density at radius 2 is 1.57 bits per heavy atom. The second kappa shape index (κ2) is 13.6. The van der Waals surface area contributed by atoms with Crippen molar-refractivity contribution >= 4 is 11.9 Å². The molecule has 1 fully saturated rings. The van der Waals surface area contributed by atoms with Crippen LogP contribution >= 0.6 is 0 Å². The minimum Gasteiger partial charge on any atom is -0.862 e. The van der Waals surface area contributed by atoms with Gasteiger partial charge >= 0.3 is 25.8 Å². The standard InChI is InChI=1S/C10H14N2O8.C10H8N2.2H2O.Os/c1-10(19)7(16)11-9(18)12(8(10)17)6-5(15)4(14)3(2-13)20-6;1-3-7-11-9(5-1)10-6-2-4-8-12-10;;;/h3-6,8,13-15H,2H2,1H3,(H,11,16,18);1-8H;2*1H2;/q-2;;;;+4/p-1/t3-,4-,5-,6-,8-,10-;;;;/m1..../s1. The monoisotopic (exact) mass is 673 g/mol. The van der Waals surface area contributed by atoms with Crippen LogP contribution in [-0.2, 0) is 24.5 Å². The molecule has 192 valence electrons. The van der Waals surface area contributed by atoms with Crippen molar-refractivity contribution < 1.29 is 70.9 Å². The Morgan fingerprint density at radius 1 is 1.06 bits per heavy atom. The minimum atomic E-state index is -2.72. The van der Waals surface area contributed by atoms with Crippen molar-refractivity contribution in [2.24, 2.45) is 4.99 Å². The van der Waals surface area contributed by atoms with Gasteiger partial charge in [0.15, 0.2) is 6.23 Å². The van der Waals surface area contributed by atoms with Crippen LogP contribution in [0.15, 0.2) is 53.8 Å². The first-order valence-electron chi connectivity index (χ1n) is 9.58. The molecular formula is C20H25N4O10Os+. The molecule has 0 aromatic carbocycles. The number of aliphatic hydroxyl groups excluding tert-OH is 3. The Morgan fingerprint density at radius 3 is 1.97 bits per heavy atom. The molecule has 0 aliphatic carbocycles. The molecule has 0 bridgehead atoms. The van der Waals surface area contributed by atoms with Crippen molar-refractivity contribution in [2.45, 2.75) is 43.3 Å². The van der Waals surface area contributed by atoms with Crippen LogP contribution in [0.1, 0.15) is 6.92 Å². The fourth-order valence-electron chi connectivity index (χ4n) is 3.11. The Labute approximate surface area is 212 Å². The summed E-state index contributed by atoms with van der Waals surface area (Å²) in [6, 6.07) is 10.3. The minimum absolute atomic E-state index is 0. The number of aliphatic hydroxyl groups is 3. The molecule has 4 heterocycles. The number of rotatable bonds is 3. The predicted octanol–water partition coefficient (Wildman–Crippen LogP) is -5.08. The number of ether oxygens (including phenoxy) is 1. The van der Waals surface area contributed by atoms with Gasteiger partial charge in [-0.05, 0) is 36.4 Å². The van der Waals surface area contributed by atoms with E-state index in [4.69, 9.17) is 9.84 Å². The molecule has 1 saturated heterocycles. The third kappa shape index (κ3) is 6.82. The number of nitrogens with zero attached hydrogens (tertiary/aromatic N) is 4. The van der Waals surface area contributed by atoms with E-state index < -0.39 is 54.9 Å². The van der Waals surface area contributed by atoms with E-state index in [1.165, 1.54) is 0 Å². The van der Waals surface area contributed by atoms with Gasteiger partial charge in [-0.1, -0.05) is 24.7 Å². The van der Waals surface area contributed by atoms with Gasteiger partial charge in [0, 0.05) is 12.4 Å². The van der Waals surface area contributed by atoms with Crippen LogP contribution in [-0.4, -0.2) is 96.0 Å². The molecule has 4 rings (SSSR count). The zero-order valence-electron chi connectivity index (χ0n) is 18.2. The first kappa shape index (κ1) is 32.6. The van der Waals surface area contributed by atoms with E-state index in [0.717, 1.165) is 18.3 Å². The zero-order valence-corrected chi connectivity index (χ0v) is 20.8. The molecule has 15 heteroatoms. The van der Waals surface area contributed by atoms with Gasteiger partial charge < -0.3 is 51.2 Å². The molecular weight excluding hydrogens is 646 g/mol. The topological polar surface area (TPSA) is 261 Å². The Balaban J connectivity index is 0.000000668. The number of pyridine rings is 2. The number of urea groups is 1. The summed E-state index contributed by atoms with van der Waals surface area (Å²) in [4.78, 5) is 23.2. The summed E-state index contributed by atoms with van der Waals surface area (Å²) in [6.45, 7) is 0.113. The van der Waals surface area contributed by atoms with Crippen molar-refractivity contribution in [3.8, 4) is 11.4 Å². The second-order valence-corrected chi connectivity index (χ2v) is 7.23. The average molecular weight is 672 g/mol. The molecule has 2 aliphatic heterocycles. The molecule has 2 aromatic rings. The maximum absolute atomic E-state index is 12.0. The summed E-state index contributed by atoms with van der Waals surface area (Å²) in [6.07, 6.45) is -4.95. The maximum atomic E-state index is 12.0. The van der Waals surface area contributed by atoms with E-state index in [0.29, 0.717) is 0 Å². The van der Waals surface area contributed by atoms with E-state index in [1.54, 1.807) is 12.4 Å². The molecule has 2 amide bonds. The Kier molecular flexibility index (Phi) is 12.6. The number of aromatic nitrogens is 2. The van der Waals surface area contributed by atoms with Crippen LogP contribution in [0.3, 0.4) is 0 Å². The summed E-state index contributed by atoms with van der Waals surface area (Å²) in [5.74, 6) is -1.40. The molecule has 7 N–H and O–H groups in total. The maximum Gasteiger partial charge on any atom is 4.00 e. The van der Waals surface area contributed by atoms with Gasteiger partial charge in [-0.2, -0.15) is 0 Å². The van der Waals surface area contributed by atoms with Crippen LogP contribution in [0.5, 0.6) is 0 Å². The third-order valence-corrected chi connectivity index (χ3v) is 4.95. The SMILES string of the molecule is C[C@@]1([O-])C([O-])=NC(=O)N([C@@H]2O[C@H](CO)[C@@H](O)[C@H]2O)[C@@H]1[O-].O.O.[Os+4].c1ccc(-c2ccccn2)nc1. The fourth-order valence-corrected chi connectivity index (χ4v) is 3.11. The molecule has 14 nitrogen and oxygen atoms in total. The normalized spacial score (nSPS) is 29.4. The summed E-state index contributed by atoms with van der Waals surface area (Å²) in [5, 5.41) is 63.3. The van der Waals surface area contributed by atoms with Crippen molar-refractivity contribution in [1.29, 1.82) is 0 Å². The molecule has 0 radical (unpaired) electrons. The van der Waals surface area contributed by atoms with Gasteiger partial charge in [0.1, 0.15) is 18.3 Å². The van der Waals surface area contributed by atoms with Crippen LogP contribution in [0.2, 0.25) is 0 Å². The van der Waals surface area contributed by atoms with Gasteiger partial charge in [-0.3, -0.25) is 9.97 Å². The largest absolute Gasteiger partial charge is 4.00 e. The van der Waals surface area contributed by atoms with E-state index in [9.17, 15) is 30.3 Å². The summed E-state index contributed by atoms with van der Waals surface area (Å²) >= 11 is 0. The molecule has 0 spiro atoms. The van der Waals surface area contributed by atoms with E-state index in [-0.39, 0.29) is 35.6 Å². The molecule has 35 heavy (non-hydrogen) atoms. The van der Waals surface area contributed by atoms with Gasteiger partial charge in [-0.15, -0.1) is 0 Å². The third-order valence-electron chi connectivity index (χ3n) is 4.95. The zero-order chi connectivity index (χ0) is 23.5. The van der Waals surface area contributed by atoms with Crippen LogP contribution < -0.4 is 15.3 Å². The Hall–Kier alpha value is -2.44. The fraction of sp³-hybridized carbons (Fsp3) is 0.400. The number of carbonyl (C=O) groups is 1. The summed E-state index contributed by atoms with van der Waals surface area (Å²) in [7, 11) is 0. The van der Waals surface area contributed by atoms with Crippen molar-refractivity contribution in [3.63, 3.8) is 0 Å². The molecule has 2 aliphatic rings. The molecule has 2 aromatic heterocycles. The molecule has 0 saturated carbocycles. The number of hydrogen-bond acceptors (Lipinski definition) is 10. The number of amides is 2. The second-order valence-electron chi connectivity index (χ2n) is 7.23. The van der Waals surface area contributed by atoms with E-state index >= 15 is 0 Å². The predicted molar refractivity (Wildman–Crippen MR) is 109 cm³/mol. The van der Waals surface area contributed by atoms with E-state index in [2.05, 4.69) is 15.0 Å². The van der Waals surface area contributed by atoms with Crippen LogP contribution in [0.25, 0.3) is 11.4 Å². The number of aliphatic imine (C=N–C) groups is 1. The van der Waals surface area contributed by atoms with E-state index in [1.807, 2.05) is 36.4 Å². The molecule has 0 unspecified atom stereocenters. The quantitative estimate of drug-likeness (QED) is 0.280. The smallest absolute Gasteiger partial charge is 0.862 e.